The standard InChI is InChI=1S/C14H15FO4/c15-11-5-9-7-18-8-19-12(9)6-10(11)14(13(16)17)3-1-2-4-14/h5-6H,1-4,7-8H2,(H,16,17). The van der Waals surface area contributed by atoms with Crippen molar-refractivity contribution in [2.75, 3.05) is 6.79 Å². The molecular weight excluding hydrogens is 251 g/mol. The molecular formula is C14H15FO4. The smallest absolute Gasteiger partial charge is 0.314 e. The van der Waals surface area contributed by atoms with Crippen LogP contribution in [-0.2, 0) is 21.6 Å². The molecule has 1 aliphatic carbocycles. The predicted molar refractivity (Wildman–Crippen MR) is 64.5 cm³/mol. The molecule has 2 aliphatic rings. The second kappa shape index (κ2) is 4.49. The van der Waals surface area contributed by atoms with Crippen LogP contribution in [0.25, 0.3) is 0 Å². The van der Waals surface area contributed by atoms with E-state index in [4.69, 9.17) is 9.47 Å². The van der Waals surface area contributed by atoms with Crippen LogP contribution in [0.15, 0.2) is 12.1 Å². The number of hydrogen-bond donors (Lipinski definition) is 1. The lowest BCUT2D eigenvalue weighted by atomic mass is 9.78. The Bertz CT molecular complexity index is 520. The van der Waals surface area contributed by atoms with E-state index in [2.05, 4.69) is 0 Å². The SMILES string of the molecule is O=C(O)C1(c2cc3c(cc2F)COCO3)CCCC1. The van der Waals surface area contributed by atoms with Crippen molar-refractivity contribution < 1.29 is 23.8 Å². The molecule has 102 valence electrons. The van der Waals surface area contributed by atoms with E-state index in [1.54, 1.807) is 6.07 Å². The minimum absolute atomic E-state index is 0.123. The van der Waals surface area contributed by atoms with Gasteiger partial charge in [0.25, 0.3) is 0 Å². The minimum atomic E-state index is -1.10. The van der Waals surface area contributed by atoms with Crippen LogP contribution in [0, 0.1) is 5.82 Å². The molecule has 0 amide bonds. The summed E-state index contributed by atoms with van der Waals surface area (Å²) in [6.45, 7) is 0.421. The zero-order valence-electron chi connectivity index (χ0n) is 10.4. The monoisotopic (exact) mass is 266 g/mol. The molecule has 1 aromatic carbocycles. The van der Waals surface area contributed by atoms with Gasteiger partial charge in [0.05, 0.1) is 12.0 Å². The van der Waals surface area contributed by atoms with Gasteiger partial charge in [0.2, 0.25) is 0 Å². The molecule has 4 nitrogen and oxygen atoms in total. The normalized spacial score (nSPS) is 20.7. The number of hydrogen-bond acceptors (Lipinski definition) is 3. The lowest BCUT2D eigenvalue weighted by Gasteiger charge is -2.27. The number of fused-ring (bicyclic) bond motifs is 1. The summed E-state index contributed by atoms with van der Waals surface area (Å²) in [4.78, 5) is 11.6. The van der Waals surface area contributed by atoms with Gasteiger partial charge in [-0.2, -0.15) is 0 Å². The minimum Gasteiger partial charge on any atom is -0.481 e. The number of benzene rings is 1. The average Bonchev–Trinajstić information content (AvgIpc) is 2.88. The van der Waals surface area contributed by atoms with Gasteiger partial charge in [0.1, 0.15) is 11.6 Å². The second-order valence-corrected chi connectivity index (χ2v) is 5.14. The third-order valence-electron chi connectivity index (χ3n) is 4.09. The summed E-state index contributed by atoms with van der Waals surface area (Å²) in [6.07, 6.45) is 2.59. The fourth-order valence-electron chi connectivity index (χ4n) is 3.04. The van der Waals surface area contributed by atoms with Crippen LogP contribution in [0.1, 0.15) is 36.8 Å². The van der Waals surface area contributed by atoms with Crippen molar-refractivity contribution in [2.45, 2.75) is 37.7 Å². The molecule has 0 saturated heterocycles. The summed E-state index contributed by atoms with van der Waals surface area (Å²) >= 11 is 0. The summed E-state index contributed by atoms with van der Waals surface area (Å²) in [5.41, 5.74) is -0.218. The first-order valence-corrected chi connectivity index (χ1v) is 6.40. The van der Waals surface area contributed by atoms with Crippen LogP contribution in [0.4, 0.5) is 4.39 Å². The molecule has 0 bridgehead atoms. The zero-order valence-corrected chi connectivity index (χ0v) is 10.4. The van der Waals surface area contributed by atoms with Crippen molar-refractivity contribution >= 4 is 5.97 Å². The van der Waals surface area contributed by atoms with E-state index in [9.17, 15) is 14.3 Å². The highest BCUT2D eigenvalue weighted by Crippen LogP contribution is 2.44. The molecule has 1 N–H and O–H groups in total. The number of carbonyl (C=O) groups is 1. The van der Waals surface area contributed by atoms with E-state index in [1.165, 1.54) is 6.07 Å². The molecule has 0 unspecified atom stereocenters. The molecule has 1 heterocycles. The number of halogens is 1. The molecule has 0 atom stereocenters. The van der Waals surface area contributed by atoms with E-state index < -0.39 is 17.2 Å². The fraction of sp³-hybridized carbons (Fsp3) is 0.500. The molecule has 3 rings (SSSR count). The highest BCUT2D eigenvalue weighted by molar-refractivity contribution is 5.82. The van der Waals surface area contributed by atoms with Crippen LogP contribution in [-0.4, -0.2) is 17.9 Å². The first kappa shape index (κ1) is 12.4. The Morgan fingerprint density at radius 1 is 1.32 bits per heavy atom. The highest BCUT2D eigenvalue weighted by Gasteiger charge is 2.45. The van der Waals surface area contributed by atoms with E-state index in [1.807, 2.05) is 0 Å². The maximum absolute atomic E-state index is 14.3. The maximum Gasteiger partial charge on any atom is 0.314 e. The van der Waals surface area contributed by atoms with Crippen LogP contribution in [0.5, 0.6) is 5.75 Å². The topological polar surface area (TPSA) is 55.8 Å². The largest absolute Gasteiger partial charge is 0.481 e. The van der Waals surface area contributed by atoms with E-state index in [0.717, 1.165) is 12.8 Å². The molecule has 1 fully saturated rings. The summed E-state index contributed by atoms with van der Waals surface area (Å²) in [6, 6.07) is 2.89. The Morgan fingerprint density at radius 3 is 2.74 bits per heavy atom. The molecule has 19 heavy (non-hydrogen) atoms. The van der Waals surface area contributed by atoms with Crippen LogP contribution >= 0.6 is 0 Å². The predicted octanol–water partition coefficient (Wildman–Crippen LogP) is 2.59. The van der Waals surface area contributed by atoms with Gasteiger partial charge in [0, 0.05) is 11.1 Å². The highest BCUT2D eigenvalue weighted by atomic mass is 19.1. The number of aliphatic carboxylic acids is 1. The Labute approximate surface area is 110 Å². The Balaban J connectivity index is 2.11. The van der Waals surface area contributed by atoms with Crippen molar-refractivity contribution in [3.63, 3.8) is 0 Å². The van der Waals surface area contributed by atoms with Gasteiger partial charge in [-0.25, -0.2) is 4.39 Å². The zero-order chi connectivity index (χ0) is 13.5. The van der Waals surface area contributed by atoms with Crippen molar-refractivity contribution in [1.29, 1.82) is 0 Å². The molecule has 0 aromatic heterocycles. The van der Waals surface area contributed by atoms with E-state index in [0.29, 0.717) is 30.8 Å². The number of rotatable bonds is 2. The van der Waals surface area contributed by atoms with Gasteiger partial charge >= 0.3 is 5.97 Å². The van der Waals surface area contributed by atoms with Crippen molar-refractivity contribution in [3.8, 4) is 5.75 Å². The van der Waals surface area contributed by atoms with Gasteiger partial charge in [0.15, 0.2) is 6.79 Å². The number of carboxylic acid groups (broad SMARTS) is 1. The average molecular weight is 266 g/mol. The van der Waals surface area contributed by atoms with Crippen molar-refractivity contribution in [2.24, 2.45) is 0 Å². The Morgan fingerprint density at radius 2 is 2.05 bits per heavy atom. The third-order valence-corrected chi connectivity index (χ3v) is 4.09. The summed E-state index contributed by atoms with van der Waals surface area (Å²) in [7, 11) is 0. The maximum atomic E-state index is 14.3. The first-order chi connectivity index (χ1) is 9.13. The van der Waals surface area contributed by atoms with Gasteiger partial charge in [-0.1, -0.05) is 12.8 Å². The molecule has 0 spiro atoms. The van der Waals surface area contributed by atoms with E-state index >= 15 is 0 Å². The van der Waals surface area contributed by atoms with Crippen molar-refractivity contribution in [1.82, 2.24) is 0 Å². The lowest BCUT2D eigenvalue weighted by Crippen LogP contribution is -2.34. The van der Waals surface area contributed by atoms with Crippen LogP contribution in [0.3, 0.4) is 0 Å². The first-order valence-electron chi connectivity index (χ1n) is 6.40. The van der Waals surface area contributed by atoms with E-state index in [-0.39, 0.29) is 12.4 Å². The van der Waals surface area contributed by atoms with Crippen molar-refractivity contribution in [3.05, 3.63) is 29.1 Å². The van der Waals surface area contributed by atoms with Crippen LogP contribution in [0.2, 0.25) is 0 Å². The van der Waals surface area contributed by atoms with Gasteiger partial charge < -0.3 is 14.6 Å². The molecule has 1 aromatic rings. The number of ether oxygens (including phenoxy) is 2. The fourth-order valence-corrected chi connectivity index (χ4v) is 3.04. The van der Waals surface area contributed by atoms with Gasteiger partial charge in [-0.15, -0.1) is 0 Å². The van der Waals surface area contributed by atoms with Crippen LogP contribution < -0.4 is 4.74 Å². The summed E-state index contributed by atoms with van der Waals surface area (Å²) in [5.74, 6) is -0.886. The Kier molecular flexibility index (Phi) is 2.93. The lowest BCUT2D eigenvalue weighted by molar-refractivity contribution is -0.143. The van der Waals surface area contributed by atoms with Gasteiger partial charge in [-0.05, 0) is 25.0 Å². The summed E-state index contributed by atoms with van der Waals surface area (Å²) in [5, 5.41) is 9.51. The Hall–Kier alpha value is -1.62. The number of carboxylic acids is 1. The molecule has 1 aliphatic heterocycles. The molecule has 0 radical (unpaired) electrons. The third kappa shape index (κ3) is 1.89. The second-order valence-electron chi connectivity index (χ2n) is 5.14. The molecule has 5 heteroatoms. The molecule has 1 saturated carbocycles. The summed E-state index contributed by atoms with van der Waals surface area (Å²) < 4.78 is 24.7. The quantitative estimate of drug-likeness (QED) is 0.894. The van der Waals surface area contributed by atoms with Gasteiger partial charge in [-0.3, -0.25) is 4.79 Å².